The Morgan fingerprint density at radius 1 is 1.00 bits per heavy atom. The molecule has 0 aromatic heterocycles. The quantitative estimate of drug-likeness (QED) is 0.321. The van der Waals surface area contributed by atoms with E-state index in [0.29, 0.717) is 0 Å². The van der Waals surface area contributed by atoms with Gasteiger partial charge in [0.2, 0.25) is 12.0 Å². The summed E-state index contributed by atoms with van der Waals surface area (Å²) in [7, 11) is -3.53. The fourth-order valence-electron chi connectivity index (χ4n) is 0.527. The van der Waals surface area contributed by atoms with E-state index in [9.17, 15) is 29.6 Å². The number of rotatable bonds is 2. The van der Waals surface area contributed by atoms with Crippen LogP contribution in [0, 0.1) is 0 Å². The van der Waals surface area contributed by atoms with Gasteiger partial charge in [-0.3, -0.25) is 0 Å². The first-order valence-corrected chi connectivity index (χ1v) is 6.11. The first kappa shape index (κ1) is 18.5. The average molecular weight is 290 g/mol. The van der Waals surface area contributed by atoms with Gasteiger partial charge in [-0.1, -0.05) is 0 Å². The number of halogens is 7. The molecule has 0 bridgehead atoms. The molecular formula is C7H14F7N2P. The fraction of sp³-hybridized carbons (Fsp3) is 0.571. The summed E-state index contributed by atoms with van der Waals surface area (Å²) in [4.78, 5) is 1.66. The topological polar surface area (TPSA) is 6.25 Å². The summed E-state index contributed by atoms with van der Waals surface area (Å²) in [5.41, 5.74) is 0. The molecule has 0 radical (unpaired) electrons. The van der Waals surface area contributed by atoms with Crippen molar-refractivity contribution in [3.05, 3.63) is 12.0 Å². The van der Waals surface area contributed by atoms with Crippen LogP contribution in [0.25, 0.3) is 0 Å². The molecular weight excluding hydrogens is 276 g/mol. The van der Waals surface area contributed by atoms with Gasteiger partial charge in [-0.2, -0.15) is 4.39 Å². The number of nitrogens with zero attached hydrogens (tertiary/aromatic N) is 2. The third kappa shape index (κ3) is 51.2. The first-order chi connectivity index (χ1) is 6.97. The summed E-state index contributed by atoms with van der Waals surface area (Å²) in [6.07, 6.45) is 2.83. The molecule has 0 aromatic carbocycles. The minimum atomic E-state index is -10.7. The molecule has 10 heteroatoms. The molecule has 0 heterocycles. The van der Waals surface area contributed by atoms with Crippen molar-refractivity contribution in [2.24, 2.45) is 0 Å². The van der Waals surface area contributed by atoms with Gasteiger partial charge < -0.3 is 4.90 Å². The first-order valence-electron chi connectivity index (χ1n) is 4.09. The van der Waals surface area contributed by atoms with Crippen LogP contribution in [-0.2, 0) is 0 Å². The van der Waals surface area contributed by atoms with Crippen molar-refractivity contribution in [1.29, 1.82) is 0 Å². The zero-order valence-electron chi connectivity index (χ0n) is 9.64. The van der Waals surface area contributed by atoms with E-state index in [1.807, 2.05) is 0 Å². The Labute approximate surface area is 94.3 Å². The monoisotopic (exact) mass is 290 g/mol. The van der Waals surface area contributed by atoms with Crippen molar-refractivity contribution in [2.75, 3.05) is 28.2 Å². The van der Waals surface area contributed by atoms with Gasteiger partial charge in [0.15, 0.2) is 0 Å². The summed E-state index contributed by atoms with van der Waals surface area (Å²) in [5.74, 6) is -0.241. The van der Waals surface area contributed by atoms with E-state index in [1.54, 1.807) is 37.7 Å². The standard InChI is InChI=1S/C7H14FN2.F6P/c1-9(2)5-7(8)6-10(3)4;1-7(2,3,4,5)6/h5-6H,1-4H3;/q+1;-1. The molecule has 0 N–H and O–H groups in total. The second-order valence-electron chi connectivity index (χ2n) is 3.53. The van der Waals surface area contributed by atoms with Crippen LogP contribution in [0.5, 0.6) is 0 Å². The van der Waals surface area contributed by atoms with Crippen molar-refractivity contribution in [3.8, 4) is 0 Å². The van der Waals surface area contributed by atoms with E-state index in [2.05, 4.69) is 0 Å². The molecule has 0 aliphatic heterocycles. The van der Waals surface area contributed by atoms with Gasteiger partial charge in [0.25, 0.3) is 0 Å². The summed E-state index contributed by atoms with van der Waals surface area (Å²) in [6, 6.07) is 0. The summed E-state index contributed by atoms with van der Waals surface area (Å²) < 4.78 is 73.5. The zero-order valence-corrected chi connectivity index (χ0v) is 10.5. The van der Waals surface area contributed by atoms with Gasteiger partial charge >= 0.3 is 33.0 Å². The van der Waals surface area contributed by atoms with E-state index >= 15 is 0 Å². The van der Waals surface area contributed by atoms with Gasteiger partial charge in [0.05, 0.1) is 0 Å². The molecule has 106 valence electrons. The third-order valence-electron chi connectivity index (χ3n) is 0.763. The Bertz CT molecular complexity index is 298. The Morgan fingerprint density at radius 3 is 1.47 bits per heavy atom. The molecule has 2 nitrogen and oxygen atoms in total. The molecule has 0 fully saturated rings. The maximum atomic E-state index is 12.6. The van der Waals surface area contributed by atoms with E-state index in [0.717, 1.165) is 0 Å². The molecule has 0 aromatic rings. The summed E-state index contributed by atoms with van der Waals surface area (Å²) >= 11 is 0. The van der Waals surface area contributed by atoms with Crippen molar-refractivity contribution in [3.63, 3.8) is 0 Å². The van der Waals surface area contributed by atoms with Crippen LogP contribution in [0.3, 0.4) is 0 Å². The zero-order chi connectivity index (χ0) is 14.6. The van der Waals surface area contributed by atoms with Crippen LogP contribution in [0.4, 0.5) is 29.6 Å². The fourth-order valence-corrected chi connectivity index (χ4v) is 0.527. The van der Waals surface area contributed by atoms with Crippen LogP contribution < -0.4 is 0 Å². The predicted octanol–water partition coefficient (Wildman–Crippen LogP) is 4.08. The molecule has 0 saturated carbocycles. The molecule has 0 aliphatic carbocycles. The SMILES string of the molecule is CN(C)/C=C(\F)C=[N+](C)C.F[P-](F)(F)(F)(F)F. The van der Waals surface area contributed by atoms with Gasteiger partial charge in [-0.05, 0) is 0 Å². The number of allylic oxidation sites excluding steroid dienone is 1. The molecule has 0 spiro atoms. The van der Waals surface area contributed by atoms with Crippen LogP contribution >= 0.6 is 7.81 Å². The van der Waals surface area contributed by atoms with E-state index < -0.39 is 7.81 Å². The molecule has 0 saturated heterocycles. The molecule has 0 rings (SSSR count). The third-order valence-corrected chi connectivity index (χ3v) is 0.763. The number of hydrogen-bond acceptors (Lipinski definition) is 1. The van der Waals surface area contributed by atoms with Crippen LogP contribution in [0.1, 0.15) is 0 Å². The van der Waals surface area contributed by atoms with E-state index in [1.165, 1.54) is 12.4 Å². The molecule has 17 heavy (non-hydrogen) atoms. The average Bonchev–Trinajstić information content (AvgIpc) is 1.72. The Kier molecular flexibility index (Phi) is 5.22. The summed E-state index contributed by atoms with van der Waals surface area (Å²) in [6.45, 7) is 0. The van der Waals surface area contributed by atoms with Gasteiger partial charge in [0.1, 0.15) is 14.1 Å². The van der Waals surface area contributed by atoms with Crippen LogP contribution in [-0.4, -0.2) is 43.9 Å². The molecule has 0 unspecified atom stereocenters. The van der Waals surface area contributed by atoms with Crippen molar-refractivity contribution in [1.82, 2.24) is 4.90 Å². The maximum absolute atomic E-state index is 12.6. The van der Waals surface area contributed by atoms with Crippen molar-refractivity contribution in [2.45, 2.75) is 0 Å². The van der Waals surface area contributed by atoms with Gasteiger partial charge in [-0.25, -0.2) is 4.58 Å². The Morgan fingerprint density at radius 2 is 1.29 bits per heavy atom. The van der Waals surface area contributed by atoms with Crippen molar-refractivity contribution < 1.29 is 34.1 Å². The molecule has 0 atom stereocenters. The second kappa shape index (κ2) is 4.80. The predicted molar refractivity (Wildman–Crippen MR) is 54.6 cm³/mol. The number of hydrogen-bond donors (Lipinski definition) is 0. The van der Waals surface area contributed by atoms with Crippen molar-refractivity contribution >= 4 is 14.0 Å². The Balaban J connectivity index is 0. The normalized spacial score (nSPS) is 16.1. The Hall–Kier alpha value is -0.850. The van der Waals surface area contributed by atoms with Gasteiger partial charge in [0, 0.05) is 20.3 Å². The van der Waals surface area contributed by atoms with Crippen LogP contribution in [0.15, 0.2) is 12.0 Å². The summed E-state index contributed by atoms with van der Waals surface area (Å²) in [5, 5.41) is 0. The second-order valence-corrected chi connectivity index (χ2v) is 5.45. The minimum absolute atomic E-state index is 0.241. The van der Waals surface area contributed by atoms with E-state index in [4.69, 9.17) is 0 Å². The van der Waals surface area contributed by atoms with Crippen LogP contribution in [0.2, 0.25) is 0 Å². The molecule has 0 aliphatic rings. The van der Waals surface area contributed by atoms with Gasteiger partial charge in [-0.15, -0.1) is 0 Å². The van der Waals surface area contributed by atoms with E-state index in [-0.39, 0.29) is 5.83 Å². The molecule has 0 amide bonds.